The summed E-state index contributed by atoms with van der Waals surface area (Å²) in [4.78, 5) is 8.13. The Morgan fingerprint density at radius 2 is 0.921 bits per heavy atom. The summed E-state index contributed by atoms with van der Waals surface area (Å²) in [6.45, 7) is 33.4. The van der Waals surface area contributed by atoms with Crippen LogP contribution in [0.15, 0.2) is 158 Å². The summed E-state index contributed by atoms with van der Waals surface area (Å²) in [5.74, 6) is 0. The SMILES string of the molecule is Cc1cc2c3c(c1)N(c1ccc(C(C)(C)C)cc1-c1ccccc1)c1cc4c(cc1B3c1ccc(N3c5ccc(C(C)(C)C)cc5C5(C)CCC35C)cc1N2c1ccc(C(C)(C)C)cc1-c1ccccc1)CC(C)(C)C4. The van der Waals surface area contributed by atoms with Crippen LogP contribution in [-0.4, -0.2) is 12.3 Å². The molecule has 8 aromatic carbocycles. The number of aryl methyl sites for hydroxylation is 1. The molecular weight excluding hydrogens is 918 g/mol. The van der Waals surface area contributed by atoms with Crippen molar-refractivity contribution < 1.29 is 0 Å². The normalized spacial score (nSPS) is 19.9. The highest BCUT2D eigenvalue weighted by Gasteiger charge is 2.63. The van der Waals surface area contributed by atoms with Crippen molar-refractivity contribution in [3.05, 3.63) is 197 Å². The summed E-state index contributed by atoms with van der Waals surface area (Å²) in [5.41, 5.74) is 29.2. The molecule has 1 saturated carbocycles. The summed E-state index contributed by atoms with van der Waals surface area (Å²) < 4.78 is 0. The minimum absolute atomic E-state index is 0.000951. The molecule has 1 fully saturated rings. The van der Waals surface area contributed by atoms with Crippen molar-refractivity contribution >= 4 is 68.6 Å². The summed E-state index contributed by atoms with van der Waals surface area (Å²) in [6.07, 6.45) is 4.49. The molecule has 3 aliphatic heterocycles. The fraction of sp³-hybridized carbons (Fsp3) is 0.333. The van der Waals surface area contributed by atoms with E-state index in [4.69, 9.17) is 0 Å². The van der Waals surface area contributed by atoms with Crippen molar-refractivity contribution in [3.63, 3.8) is 0 Å². The van der Waals surface area contributed by atoms with Crippen molar-refractivity contribution in [2.75, 3.05) is 14.7 Å². The van der Waals surface area contributed by atoms with Gasteiger partial charge in [-0.05, 0) is 188 Å². The molecule has 13 rings (SSSR count). The van der Waals surface area contributed by atoms with Crippen molar-refractivity contribution in [1.82, 2.24) is 0 Å². The van der Waals surface area contributed by atoms with Crippen molar-refractivity contribution in [3.8, 4) is 22.3 Å². The van der Waals surface area contributed by atoms with E-state index < -0.39 is 0 Å². The quantitative estimate of drug-likeness (QED) is 0.159. The van der Waals surface area contributed by atoms with Crippen LogP contribution in [-0.2, 0) is 34.5 Å². The lowest BCUT2D eigenvalue weighted by atomic mass is 9.33. The Kier molecular flexibility index (Phi) is 10.5. The molecule has 0 aromatic heterocycles. The lowest BCUT2D eigenvalue weighted by molar-refractivity contribution is 0.133. The number of benzene rings is 8. The van der Waals surface area contributed by atoms with Crippen LogP contribution in [0.3, 0.4) is 0 Å². The van der Waals surface area contributed by atoms with E-state index in [1.165, 1.54) is 130 Å². The van der Waals surface area contributed by atoms with E-state index in [0.717, 1.165) is 19.3 Å². The maximum absolute atomic E-state index is 2.76. The number of hydrogen-bond acceptors (Lipinski definition) is 3. The second kappa shape index (κ2) is 16.4. The van der Waals surface area contributed by atoms with Gasteiger partial charge in [0.25, 0.3) is 6.71 Å². The molecule has 8 aromatic rings. The van der Waals surface area contributed by atoms with Crippen LogP contribution < -0.4 is 31.1 Å². The minimum Gasteiger partial charge on any atom is -0.334 e. The highest BCUT2D eigenvalue weighted by atomic mass is 15.3. The first-order valence-electron chi connectivity index (χ1n) is 28.3. The summed E-state index contributed by atoms with van der Waals surface area (Å²) in [5, 5.41) is 0. The van der Waals surface area contributed by atoms with Crippen LogP contribution >= 0.6 is 0 Å². The topological polar surface area (TPSA) is 9.72 Å². The standard InChI is InChI=1S/C72H76BN3/c1-45-35-64-66-65(36-45)75(60-31-26-51(68(5,6)7)40-55(60)47-23-19-16-20-24-47)63-42-53(76-61-32-27-52(69(8,9)10)41-56(61)71(13)33-34-72(71,76)14)28-29-57(63)73(66)58-37-48-43-70(11,12)44-49(48)38-62(58)74(64)59-30-25-50(67(2,3)4)39-54(59)46-21-17-15-18-22-46/h15-32,35-42H,33-34,43-44H2,1-14H3. The fourth-order valence-electron chi connectivity index (χ4n) is 14.4. The van der Waals surface area contributed by atoms with Gasteiger partial charge >= 0.3 is 0 Å². The maximum Gasteiger partial charge on any atom is 0.252 e. The molecule has 76 heavy (non-hydrogen) atoms. The van der Waals surface area contributed by atoms with Crippen LogP contribution in [0.1, 0.15) is 142 Å². The van der Waals surface area contributed by atoms with Gasteiger partial charge in [0.15, 0.2) is 0 Å². The molecule has 0 spiro atoms. The molecule has 0 saturated heterocycles. The van der Waals surface area contributed by atoms with Gasteiger partial charge < -0.3 is 14.7 Å². The van der Waals surface area contributed by atoms with E-state index in [1.54, 1.807) is 0 Å². The van der Waals surface area contributed by atoms with Gasteiger partial charge in [0.1, 0.15) is 0 Å². The Balaban J connectivity index is 1.12. The van der Waals surface area contributed by atoms with Gasteiger partial charge in [-0.15, -0.1) is 0 Å². The third-order valence-corrected chi connectivity index (χ3v) is 19.0. The second-order valence-electron chi connectivity index (χ2n) is 27.9. The van der Waals surface area contributed by atoms with E-state index in [-0.39, 0.29) is 39.3 Å². The first kappa shape index (κ1) is 48.8. The summed E-state index contributed by atoms with van der Waals surface area (Å²) in [6, 6.07) is 62.3. The number of fused-ring (bicyclic) bond motifs is 8. The Morgan fingerprint density at radius 3 is 1.42 bits per heavy atom. The molecule has 3 nitrogen and oxygen atoms in total. The van der Waals surface area contributed by atoms with Crippen LogP contribution in [0, 0.1) is 12.3 Å². The molecule has 2 atom stereocenters. The van der Waals surface area contributed by atoms with Crippen molar-refractivity contribution in [1.29, 1.82) is 0 Å². The zero-order chi connectivity index (χ0) is 53.2. The highest BCUT2D eigenvalue weighted by molar-refractivity contribution is 7.00. The molecule has 0 bridgehead atoms. The van der Waals surface area contributed by atoms with Gasteiger partial charge in [-0.1, -0.05) is 180 Å². The van der Waals surface area contributed by atoms with Crippen LogP contribution in [0.5, 0.6) is 0 Å². The lowest BCUT2D eigenvalue weighted by Gasteiger charge is -2.56. The second-order valence-corrected chi connectivity index (χ2v) is 27.9. The monoisotopic (exact) mass is 994 g/mol. The molecule has 4 heteroatoms. The molecule has 3 heterocycles. The molecule has 0 amide bonds. The Hall–Kier alpha value is -6.78. The van der Waals surface area contributed by atoms with E-state index in [2.05, 4.69) is 269 Å². The average molecular weight is 994 g/mol. The third kappa shape index (κ3) is 7.28. The molecule has 2 aliphatic carbocycles. The smallest absolute Gasteiger partial charge is 0.252 e. The van der Waals surface area contributed by atoms with Crippen molar-refractivity contribution in [2.24, 2.45) is 5.41 Å². The number of rotatable bonds is 5. The predicted octanol–water partition coefficient (Wildman–Crippen LogP) is 17.4. The number of hydrogen-bond donors (Lipinski definition) is 0. The summed E-state index contributed by atoms with van der Waals surface area (Å²) >= 11 is 0. The van der Waals surface area contributed by atoms with E-state index in [0.29, 0.717) is 0 Å². The van der Waals surface area contributed by atoms with Crippen LogP contribution in [0.4, 0.5) is 45.5 Å². The van der Waals surface area contributed by atoms with Gasteiger partial charge in [0, 0.05) is 50.7 Å². The Bertz CT molecular complexity index is 3700. The van der Waals surface area contributed by atoms with Gasteiger partial charge in [0.05, 0.1) is 16.9 Å². The van der Waals surface area contributed by atoms with Crippen LogP contribution in [0.2, 0.25) is 0 Å². The van der Waals surface area contributed by atoms with E-state index >= 15 is 0 Å². The molecule has 0 radical (unpaired) electrons. The largest absolute Gasteiger partial charge is 0.334 e. The molecule has 0 N–H and O–H groups in total. The van der Waals surface area contributed by atoms with E-state index in [1.807, 2.05) is 0 Å². The first-order chi connectivity index (χ1) is 35.9. The molecule has 5 aliphatic rings. The van der Waals surface area contributed by atoms with Gasteiger partial charge in [0.2, 0.25) is 0 Å². The van der Waals surface area contributed by atoms with Crippen LogP contribution in [0.25, 0.3) is 22.3 Å². The zero-order valence-corrected chi connectivity index (χ0v) is 47.8. The van der Waals surface area contributed by atoms with E-state index in [9.17, 15) is 0 Å². The molecular formula is C72H76BN3. The maximum atomic E-state index is 2.76. The zero-order valence-electron chi connectivity index (χ0n) is 47.8. The van der Waals surface area contributed by atoms with Crippen molar-refractivity contribution in [2.45, 2.75) is 150 Å². The third-order valence-electron chi connectivity index (χ3n) is 19.0. The fourth-order valence-corrected chi connectivity index (χ4v) is 14.4. The first-order valence-corrected chi connectivity index (χ1v) is 28.3. The predicted molar refractivity (Wildman–Crippen MR) is 327 cm³/mol. The van der Waals surface area contributed by atoms with Gasteiger partial charge in [-0.3, -0.25) is 0 Å². The lowest BCUT2D eigenvalue weighted by Crippen LogP contribution is -2.62. The Morgan fingerprint density at radius 1 is 0.434 bits per heavy atom. The van der Waals surface area contributed by atoms with Gasteiger partial charge in [-0.25, -0.2) is 0 Å². The highest BCUT2D eigenvalue weighted by Crippen LogP contribution is 2.66. The minimum atomic E-state index is -0.0604. The number of nitrogens with zero attached hydrogens (tertiary/aromatic N) is 3. The average Bonchev–Trinajstić information content (AvgIpc) is 3.81. The number of anilines is 8. The van der Waals surface area contributed by atoms with Gasteiger partial charge in [-0.2, -0.15) is 0 Å². The summed E-state index contributed by atoms with van der Waals surface area (Å²) in [7, 11) is 0. The molecule has 2 unspecified atom stereocenters. The molecule has 382 valence electrons. The Labute approximate surface area is 455 Å².